The van der Waals surface area contributed by atoms with Gasteiger partial charge in [0.15, 0.2) is 17.6 Å². The van der Waals surface area contributed by atoms with E-state index in [9.17, 15) is 9.59 Å². The molecule has 0 heterocycles. The van der Waals surface area contributed by atoms with Crippen LogP contribution in [0.25, 0.3) is 0 Å². The summed E-state index contributed by atoms with van der Waals surface area (Å²) >= 11 is 0. The largest absolute Gasteiger partial charge is 0.490 e. The average Bonchev–Trinajstić information content (AvgIpc) is 2.58. The molecule has 0 radical (unpaired) electrons. The van der Waals surface area contributed by atoms with Crippen LogP contribution in [0.2, 0.25) is 0 Å². The van der Waals surface area contributed by atoms with Gasteiger partial charge in [-0.2, -0.15) is 0 Å². The van der Waals surface area contributed by atoms with Crippen LogP contribution < -0.4 is 14.8 Å². The third kappa shape index (κ3) is 6.10. The van der Waals surface area contributed by atoms with Crippen LogP contribution >= 0.6 is 0 Å². The highest BCUT2D eigenvalue weighted by Crippen LogP contribution is 2.29. The number of carbonyl (C=O) groups is 2. The van der Waals surface area contributed by atoms with Gasteiger partial charge in [0.1, 0.15) is 0 Å². The molecular weight excluding hydrogens is 310 g/mol. The molecule has 0 spiro atoms. The summed E-state index contributed by atoms with van der Waals surface area (Å²) in [4.78, 5) is 23.9. The quantitative estimate of drug-likeness (QED) is 0.665. The van der Waals surface area contributed by atoms with Gasteiger partial charge in [-0.3, -0.25) is 4.79 Å². The number of rotatable bonds is 10. The number of esters is 1. The summed E-state index contributed by atoms with van der Waals surface area (Å²) < 4.78 is 16.5. The minimum absolute atomic E-state index is 0.320. The topological polar surface area (TPSA) is 73.9 Å². The van der Waals surface area contributed by atoms with E-state index in [1.807, 2.05) is 13.8 Å². The molecule has 0 fully saturated rings. The third-order valence-corrected chi connectivity index (χ3v) is 3.11. The van der Waals surface area contributed by atoms with Crippen molar-refractivity contribution in [1.82, 2.24) is 5.32 Å². The lowest BCUT2D eigenvalue weighted by atomic mass is 10.2. The van der Waals surface area contributed by atoms with Crippen molar-refractivity contribution in [2.24, 2.45) is 0 Å². The van der Waals surface area contributed by atoms with E-state index in [1.54, 1.807) is 25.1 Å². The number of hydrogen-bond acceptors (Lipinski definition) is 5. The fraction of sp³-hybridized carbons (Fsp3) is 0.556. The van der Waals surface area contributed by atoms with Gasteiger partial charge < -0.3 is 19.5 Å². The van der Waals surface area contributed by atoms with Gasteiger partial charge in [-0.15, -0.1) is 0 Å². The maximum absolute atomic E-state index is 12.2. The lowest BCUT2D eigenvalue weighted by molar-refractivity contribution is -0.128. The third-order valence-electron chi connectivity index (χ3n) is 3.11. The fourth-order valence-corrected chi connectivity index (χ4v) is 1.89. The van der Waals surface area contributed by atoms with E-state index in [0.29, 0.717) is 36.8 Å². The summed E-state index contributed by atoms with van der Waals surface area (Å²) in [6.07, 6.45) is 0.866. The summed E-state index contributed by atoms with van der Waals surface area (Å²) in [5, 5.41) is 2.61. The first-order valence-corrected chi connectivity index (χ1v) is 8.41. The smallest absolute Gasteiger partial charge is 0.339 e. The number of nitrogens with one attached hydrogen (secondary N) is 1. The predicted molar refractivity (Wildman–Crippen MR) is 91.6 cm³/mol. The second-order valence-electron chi connectivity index (χ2n) is 5.30. The number of carbonyl (C=O) groups excluding carboxylic acids is 2. The normalized spacial score (nSPS) is 11.5. The lowest BCUT2D eigenvalue weighted by Gasteiger charge is -2.15. The Balaban J connectivity index is 2.86. The lowest BCUT2D eigenvalue weighted by Crippen LogP contribution is -2.35. The molecule has 0 bridgehead atoms. The maximum atomic E-state index is 12.2. The molecule has 1 amide bonds. The molecule has 1 N–H and O–H groups in total. The first-order chi connectivity index (χ1) is 11.5. The monoisotopic (exact) mass is 337 g/mol. The molecule has 1 atom stereocenters. The van der Waals surface area contributed by atoms with Gasteiger partial charge in [0.05, 0.1) is 18.8 Å². The van der Waals surface area contributed by atoms with E-state index >= 15 is 0 Å². The van der Waals surface area contributed by atoms with Gasteiger partial charge in [-0.1, -0.05) is 13.8 Å². The van der Waals surface area contributed by atoms with Crippen molar-refractivity contribution in [1.29, 1.82) is 0 Å². The van der Waals surface area contributed by atoms with Crippen molar-refractivity contribution in [2.75, 3.05) is 19.8 Å². The zero-order valence-corrected chi connectivity index (χ0v) is 14.9. The SMILES string of the molecule is CCCOc1ccc(C(=O)O[C@H](C)C(=O)NCC)cc1OCCC. The second kappa shape index (κ2) is 10.5. The molecule has 0 aliphatic rings. The molecule has 1 aromatic rings. The molecule has 0 unspecified atom stereocenters. The van der Waals surface area contributed by atoms with Gasteiger partial charge >= 0.3 is 5.97 Å². The van der Waals surface area contributed by atoms with Crippen molar-refractivity contribution >= 4 is 11.9 Å². The van der Waals surface area contributed by atoms with Crippen molar-refractivity contribution in [3.05, 3.63) is 23.8 Å². The highest BCUT2D eigenvalue weighted by atomic mass is 16.5. The molecule has 6 nitrogen and oxygen atoms in total. The molecule has 0 aliphatic carbocycles. The molecule has 0 saturated carbocycles. The standard InChI is InChI=1S/C18H27NO5/c1-5-10-22-15-9-8-14(12-16(15)23-11-6-2)18(21)24-13(4)17(20)19-7-3/h8-9,12-13H,5-7,10-11H2,1-4H3,(H,19,20)/t13-/m1/s1. The molecule has 1 aromatic carbocycles. The Labute approximate surface area is 143 Å². The van der Waals surface area contributed by atoms with Gasteiger partial charge in [-0.25, -0.2) is 4.79 Å². The Bertz CT molecular complexity index is 544. The summed E-state index contributed by atoms with van der Waals surface area (Å²) in [5.74, 6) is 0.206. The van der Waals surface area contributed by atoms with E-state index in [0.717, 1.165) is 12.8 Å². The second-order valence-corrected chi connectivity index (χ2v) is 5.30. The molecule has 24 heavy (non-hydrogen) atoms. The Morgan fingerprint density at radius 2 is 1.67 bits per heavy atom. The van der Waals surface area contributed by atoms with Crippen LogP contribution in [-0.2, 0) is 9.53 Å². The van der Waals surface area contributed by atoms with Crippen molar-refractivity contribution in [3.63, 3.8) is 0 Å². The van der Waals surface area contributed by atoms with E-state index in [4.69, 9.17) is 14.2 Å². The van der Waals surface area contributed by atoms with Crippen LogP contribution in [0.4, 0.5) is 0 Å². The number of likely N-dealkylation sites (N-methyl/N-ethyl adjacent to an activating group) is 1. The highest BCUT2D eigenvalue weighted by Gasteiger charge is 2.19. The van der Waals surface area contributed by atoms with Gasteiger partial charge in [-0.05, 0) is 44.9 Å². The van der Waals surface area contributed by atoms with Crippen molar-refractivity contribution in [3.8, 4) is 11.5 Å². The van der Waals surface area contributed by atoms with Crippen molar-refractivity contribution < 1.29 is 23.8 Å². The molecule has 0 aliphatic heterocycles. The fourth-order valence-electron chi connectivity index (χ4n) is 1.89. The van der Waals surface area contributed by atoms with Gasteiger partial charge in [0.2, 0.25) is 0 Å². The molecule has 1 rings (SSSR count). The van der Waals surface area contributed by atoms with Crippen molar-refractivity contribution in [2.45, 2.75) is 46.6 Å². The van der Waals surface area contributed by atoms with Gasteiger partial charge in [0, 0.05) is 6.54 Å². The maximum Gasteiger partial charge on any atom is 0.339 e. The van der Waals surface area contributed by atoms with Gasteiger partial charge in [0.25, 0.3) is 5.91 Å². The number of benzene rings is 1. The van der Waals surface area contributed by atoms with E-state index in [1.165, 1.54) is 6.92 Å². The molecular formula is C18H27NO5. The van der Waals surface area contributed by atoms with Crippen LogP contribution in [0, 0.1) is 0 Å². The van der Waals surface area contributed by atoms with E-state index in [2.05, 4.69) is 5.32 Å². The van der Waals surface area contributed by atoms with E-state index < -0.39 is 12.1 Å². The number of hydrogen-bond donors (Lipinski definition) is 1. The summed E-state index contributed by atoms with van der Waals surface area (Å²) in [7, 11) is 0. The minimum atomic E-state index is -0.853. The van der Waals surface area contributed by atoms with Crippen LogP contribution in [0.1, 0.15) is 50.9 Å². The zero-order chi connectivity index (χ0) is 17.9. The van der Waals surface area contributed by atoms with Crippen LogP contribution in [0.3, 0.4) is 0 Å². The highest BCUT2D eigenvalue weighted by molar-refractivity contribution is 5.92. The Morgan fingerprint density at radius 3 is 2.25 bits per heavy atom. The van der Waals surface area contributed by atoms with Crippen LogP contribution in [0.5, 0.6) is 11.5 Å². The summed E-state index contributed by atoms with van der Waals surface area (Å²) in [6.45, 7) is 8.94. The molecule has 0 aromatic heterocycles. The predicted octanol–water partition coefficient (Wildman–Crippen LogP) is 2.95. The van der Waals surface area contributed by atoms with Crippen LogP contribution in [-0.4, -0.2) is 37.7 Å². The number of ether oxygens (including phenoxy) is 3. The first-order valence-electron chi connectivity index (χ1n) is 8.41. The number of amides is 1. The van der Waals surface area contributed by atoms with Crippen LogP contribution in [0.15, 0.2) is 18.2 Å². The molecule has 134 valence electrons. The Hall–Kier alpha value is -2.24. The minimum Gasteiger partial charge on any atom is -0.490 e. The Morgan fingerprint density at radius 1 is 1.04 bits per heavy atom. The Kier molecular flexibility index (Phi) is 8.68. The molecule has 0 saturated heterocycles. The first kappa shape index (κ1) is 19.8. The average molecular weight is 337 g/mol. The zero-order valence-electron chi connectivity index (χ0n) is 14.9. The summed E-state index contributed by atoms with van der Waals surface area (Å²) in [5.41, 5.74) is 0.320. The summed E-state index contributed by atoms with van der Waals surface area (Å²) in [6, 6.07) is 4.89. The molecule has 6 heteroatoms. The van der Waals surface area contributed by atoms with E-state index in [-0.39, 0.29) is 5.91 Å².